The predicted octanol–water partition coefficient (Wildman–Crippen LogP) is 3.19. The first-order valence-corrected chi connectivity index (χ1v) is 8.12. The smallest absolute Gasteiger partial charge is 0.254 e. The number of likely N-dealkylation sites (tertiary alicyclic amines) is 1. The Morgan fingerprint density at radius 3 is 2.33 bits per heavy atom. The first kappa shape index (κ1) is 16.8. The molecular formula is C19H21ClN2O2. The standard InChI is InChI=1S/C19H20N2O2.ClH/c22-19(21-12-15-10-20-11-16(15)13-21)14-5-4-8-18(9-14)23-17-6-2-1-3-7-17;/h1-9,15-16,20H,10-13H2;1H/t15-,16+;. The lowest BCUT2D eigenvalue weighted by atomic mass is 10.0. The Morgan fingerprint density at radius 2 is 1.62 bits per heavy atom. The van der Waals surface area contributed by atoms with Crippen LogP contribution in [0.5, 0.6) is 11.5 Å². The second-order valence-electron chi connectivity index (χ2n) is 6.33. The van der Waals surface area contributed by atoms with Gasteiger partial charge in [-0.1, -0.05) is 24.3 Å². The van der Waals surface area contributed by atoms with E-state index in [2.05, 4.69) is 5.32 Å². The number of benzene rings is 2. The van der Waals surface area contributed by atoms with Crippen LogP contribution in [-0.4, -0.2) is 37.0 Å². The summed E-state index contributed by atoms with van der Waals surface area (Å²) in [4.78, 5) is 14.7. The molecule has 0 aromatic heterocycles. The zero-order chi connectivity index (χ0) is 15.6. The van der Waals surface area contributed by atoms with E-state index in [-0.39, 0.29) is 18.3 Å². The molecule has 2 aliphatic rings. The average Bonchev–Trinajstić information content (AvgIpc) is 3.17. The first-order chi connectivity index (χ1) is 11.3. The lowest BCUT2D eigenvalue weighted by Crippen LogP contribution is -2.31. The minimum Gasteiger partial charge on any atom is -0.457 e. The number of para-hydroxylation sites is 1. The second-order valence-corrected chi connectivity index (χ2v) is 6.33. The van der Waals surface area contributed by atoms with Gasteiger partial charge in [0.25, 0.3) is 5.91 Å². The van der Waals surface area contributed by atoms with Crippen molar-refractivity contribution in [3.63, 3.8) is 0 Å². The molecule has 2 fully saturated rings. The van der Waals surface area contributed by atoms with Gasteiger partial charge in [0.05, 0.1) is 0 Å². The van der Waals surface area contributed by atoms with Gasteiger partial charge >= 0.3 is 0 Å². The van der Waals surface area contributed by atoms with Crippen LogP contribution < -0.4 is 10.1 Å². The Bertz CT molecular complexity index is 696. The van der Waals surface area contributed by atoms with Crippen LogP contribution in [0.3, 0.4) is 0 Å². The fraction of sp³-hybridized carbons (Fsp3) is 0.316. The van der Waals surface area contributed by atoms with Gasteiger partial charge in [-0.25, -0.2) is 0 Å². The van der Waals surface area contributed by atoms with Crippen molar-refractivity contribution < 1.29 is 9.53 Å². The molecule has 24 heavy (non-hydrogen) atoms. The predicted molar refractivity (Wildman–Crippen MR) is 96.0 cm³/mol. The van der Waals surface area contributed by atoms with Crippen LogP contribution in [0.15, 0.2) is 54.6 Å². The molecule has 0 spiro atoms. The molecule has 5 heteroatoms. The van der Waals surface area contributed by atoms with Crippen LogP contribution in [0.25, 0.3) is 0 Å². The van der Waals surface area contributed by atoms with E-state index in [4.69, 9.17) is 4.74 Å². The van der Waals surface area contributed by atoms with Crippen molar-refractivity contribution >= 4 is 18.3 Å². The molecule has 4 rings (SSSR count). The summed E-state index contributed by atoms with van der Waals surface area (Å²) in [6, 6.07) is 17.1. The van der Waals surface area contributed by atoms with Gasteiger partial charge in [-0.05, 0) is 42.2 Å². The summed E-state index contributed by atoms with van der Waals surface area (Å²) < 4.78 is 5.83. The van der Waals surface area contributed by atoms with E-state index >= 15 is 0 Å². The van der Waals surface area contributed by atoms with Gasteiger partial charge in [-0.15, -0.1) is 12.4 Å². The molecule has 126 valence electrons. The zero-order valence-corrected chi connectivity index (χ0v) is 14.2. The van der Waals surface area contributed by atoms with Crippen LogP contribution >= 0.6 is 12.4 Å². The van der Waals surface area contributed by atoms with Crippen molar-refractivity contribution in [3.8, 4) is 11.5 Å². The third-order valence-corrected chi connectivity index (χ3v) is 4.74. The number of rotatable bonds is 3. The van der Waals surface area contributed by atoms with E-state index in [1.165, 1.54) is 0 Å². The lowest BCUT2D eigenvalue weighted by molar-refractivity contribution is 0.0781. The van der Waals surface area contributed by atoms with E-state index in [9.17, 15) is 4.79 Å². The summed E-state index contributed by atoms with van der Waals surface area (Å²) in [6.07, 6.45) is 0. The summed E-state index contributed by atoms with van der Waals surface area (Å²) in [5.41, 5.74) is 0.700. The highest BCUT2D eigenvalue weighted by atomic mass is 35.5. The number of halogens is 1. The molecule has 2 aromatic carbocycles. The number of ether oxygens (including phenoxy) is 1. The van der Waals surface area contributed by atoms with E-state index in [1.54, 1.807) is 0 Å². The molecule has 0 saturated carbocycles. The largest absolute Gasteiger partial charge is 0.457 e. The molecule has 2 aromatic rings. The highest BCUT2D eigenvalue weighted by molar-refractivity contribution is 5.94. The Morgan fingerprint density at radius 1 is 0.958 bits per heavy atom. The maximum absolute atomic E-state index is 12.7. The van der Waals surface area contributed by atoms with Crippen LogP contribution in [0, 0.1) is 11.8 Å². The van der Waals surface area contributed by atoms with E-state index in [1.807, 2.05) is 59.5 Å². The molecule has 0 unspecified atom stereocenters. The number of nitrogens with zero attached hydrogens (tertiary/aromatic N) is 1. The summed E-state index contributed by atoms with van der Waals surface area (Å²) in [7, 11) is 0. The maximum Gasteiger partial charge on any atom is 0.254 e. The third-order valence-electron chi connectivity index (χ3n) is 4.74. The number of amides is 1. The number of hydrogen-bond donors (Lipinski definition) is 1. The average molecular weight is 345 g/mol. The topological polar surface area (TPSA) is 41.6 Å². The fourth-order valence-corrected chi connectivity index (χ4v) is 3.52. The van der Waals surface area contributed by atoms with Crippen molar-refractivity contribution in [2.45, 2.75) is 0 Å². The number of hydrogen-bond acceptors (Lipinski definition) is 3. The molecule has 2 aliphatic heterocycles. The molecule has 0 radical (unpaired) electrons. The van der Waals surface area contributed by atoms with Gasteiger partial charge in [-0.2, -0.15) is 0 Å². The summed E-state index contributed by atoms with van der Waals surface area (Å²) in [6.45, 7) is 3.79. The van der Waals surface area contributed by atoms with Gasteiger partial charge in [0.2, 0.25) is 0 Å². The van der Waals surface area contributed by atoms with Gasteiger partial charge in [0.1, 0.15) is 11.5 Å². The molecule has 2 saturated heterocycles. The lowest BCUT2D eigenvalue weighted by Gasteiger charge is -2.18. The minimum absolute atomic E-state index is 0. The quantitative estimate of drug-likeness (QED) is 0.929. The van der Waals surface area contributed by atoms with Gasteiger partial charge in [-0.3, -0.25) is 4.79 Å². The van der Waals surface area contributed by atoms with E-state index in [0.29, 0.717) is 23.1 Å². The normalized spacial score (nSPS) is 21.9. The van der Waals surface area contributed by atoms with Crippen LogP contribution in [0.4, 0.5) is 0 Å². The molecule has 1 amide bonds. The molecular weight excluding hydrogens is 324 g/mol. The highest BCUT2D eigenvalue weighted by Gasteiger charge is 2.38. The van der Waals surface area contributed by atoms with Crippen LogP contribution in [0.1, 0.15) is 10.4 Å². The van der Waals surface area contributed by atoms with Crippen molar-refractivity contribution in [2.24, 2.45) is 11.8 Å². The molecule has 1 N–H and O–H groups in total. The van der Waals surface area contributed by atoms with Crippen molar-refractivity contribution in [1.29, 1.82) is 0 Å². The molecule has 2 atom stereocenters. The Hall–Kier alpha value is -2.04. The minimum atomic E-state index is 0. The van der Waals surface area contributed by atoms with E-state index in [0.717, 1.165) is 31.9 Å². The van der Waals surface area contributed by atoms with Gasteiger partial charge < -0.3 is 15.0 Å². The third kappa shape index (κ3) is 3.40. The summed E-state index contributed by atoms with van der Waals surface area (Å²) >= 11 is 0. The van der Waals surface area contributed by atoms with Gasteiger partial charge in [0, 0.05) is 31.7 Å². The molecule has 4 nitrogen and oxygen atoms in total. The van der Waals surface area contributed by atoms with Crippen molar-refractivity contribution in [2.75, 3.05) is 26.2 Å². The first-order valence-electron chi connectivity index (χ1n) is 8.12. The monoisotopic (exact) mass is 344 g/mol. The van der Waals surface area contributed by atoms with Crippen molar-refractivity contribution in [3.05, 3.63) is 60.2 Å². The number of carbonyl (C=O) groups is 1. The van der Waals surface area contributed by atoms with Crippen LogP contribution in [-0.2, 0) is 0 Å². The number of fused-ring (bicyclic) bond motifs is 1. The summed E-state index contributed by atoms with van der Waals surface area (Å²) in [5, 5.41) is 3.40. The zero-order valence-electron chi connectivity index (χ0n) is 13.4. The molecule has 0 bridgehead atoms. The molecule has 0 aliphatic carbocycles. The summed E-state index contributed by atoms with van der Waals surface area (Å²) in [5.74, 6) is 2.81. The highest BCUT2D eigenvalue weighted by Crippen LogP contribution is 2.28. The Labute approximate surface area is 148 Å². The van der Waals surface area contributed by atoms with Gasteiger partial charge in [0.15, 0.2) is 0 Å². The maximum atomic E-state index is 12.7. The SMILES string of the molecule is Cl.O=C(c1cccc(Oc2ccccc2)c1)N1C[C@H]2CNC[C@H]2C1. The Kier molecular flexibility index (Phi) is 5.07. The number of nitrogens with one attached hydrogen (secondary N) is 1. The number of carbonyl (C=O) groups excluding carboxylic acids is 1. The fourth-order valence-electron chi connectivity index (χ4n) is 3.52. The second kappa shape index (κ2) is 7.24. The van der Waals surface area contributed by atoms with Crippen LogP contribution in [0.2, 0.25) is 0 Å². The van der Waals surface area contributed by atoms with Crippen molar-refractivity contribution in [1.82, 2.24) is 10.2 Å². The molecule has 2 heterocycles. The van der Waals surface area contributed by atoms with E-state index < -0.39 is 0 Å². The Balaban J connectivity index is 0.00000169.